The molecule has 3 saturated heterocycles. The molecule has 8 nitrogen and oxygen atoms in total. The van der Waals surface area contributed by atoms with Crippen LogP contribution in [0.15, 0.2) is 18.2 Å². The lowest BCUT2D eigenvalue weighted by molar-refractivity contribution is -0.137. The average molecular weight is 708 g/mol. The van der Waals surface area contributed by atoms with Crippen LogP contribution in [0.2, 0.25) is 0 Å². The van der Waals surface area contributed by atoms with Crippen LogP contribution >= 0.6 is 11.3 Å². The van der Waals surface area contributed by atoms with E-state index in [0.29, 0.717) is 31.0 Å². The highest BCUT2D eigenvalue weighted by Gasteiger charge is 2.45. The topological polar surface area (TPSA) is 103 Å². The summed E-state index contributed by atoms with van der Waals surface area (Å²) in [5, 5.41) is 12.6. The van der Waals surface area contributed by atoms with Gasteiger partial charge in [0.15, 0.2) is 5.82 Å². The molecular formula is C33H32F7N7OS. The number of benzene rings is 2. The summed E-state index contributed by atoms with van der Waals surface area (Å²) in [5.74, 6) is -3.19. The minimum absolute atomic E-state index is 0.0208. The predicted molar refractivity (Wildman–Crippen MR) is 172 cm³/mol. The number of thiophene rings is 1. The number of nitrogens with one attached hydrogen (secondary N) is 1. The Bertz CT molecular complexity index is 1980. The Morgan fingerprint density at radius 1 is 1.16 bits per heavy atom. The first-order chi connectivity index (χ1) is 23.2. The van der Waals surface area contributed by atoms with Crippen molar-refractivity contribution >= 4 is 43.1 Å². The number of hydrogen-bond donors (Lipinski definition) is 2. The SMILES string of the molecule is CN1CC[C@H](C(F)F)[C@](C)(COc2nc(N3C[C@H]4CC[C@@H](C3)N4)c3cc(C(F)(F)F)c(-c4ccc(F)c5sc(N)c(C#N)c45)c(F)c3n2)C1. The number of hydrogen-bond acceptors (Lipinski definition) is 9. The summed E-state index contributed by atoms with van der Waals surface area (Å²) in [6.45, 7) is 2.92. The van der Waals surface area contributed by atoms with Crippen LogP contribution in [0.1, 0.15) is 37.3 Å². The lowest BCUT2D eigenvalue weighted by Crippen LogP contribution is -2.51. The van der Waals surface area contributed by atoms with E-state index in [9.17, 15) is 31.6 Å². The number of nitrogen functional groups attached to an aromatic ring is 1. The molecule has 2 bridgehead atoms. The van der Waals surface area contributed by atoms with E-state index in [0.717, 1.165) is 31.0 Å². The van der Waals surface area contributed by atoms with Gasteiger partial charge >= 0.3 is 12.2 Å². The second-order valence-electron chi connectivity index (χ2n) is 13.5. The number of likely N-dealkylation sites (tertiary alicyclic amines) is 1. The third-order valence-corrected chi connectivity index (χ3v) is 11.1. The fourth-order valence-corrected chi connectivity index (χ4v) is 8.74. The Kier molecular flexibility index (Phi) is 8.31. The van der Waals surface area contributed by atoms with Crippen LogP contribution in [0.3, 0.4) is 0 Å². The standard InChI is InChI=1S/C33H32F7N7OS/c1-32(13-46(2)8-7-20(32)28(36)37)14-48-31-44-26-18(30(45-31)47-11-15-3-4-16(12-47)43-15)9-21(33(38,39)40)24(25(26)35)17-5-6-22(34)27-23(17)19(10-41)29(42)49-27/h5-6,9,15-16,20,28,43H,3-4,7-8,11-14,42H2,1-2H3/t15-,16+,20-,32+/m1/s1. The number of halogens is 7. The van der Waals surface area contributed by atoms with Crippen LogP contribution in [0.4, 0.5) is 41.6 Å². The number of nitrogens with zero attached hydrogens (tertiary/aromatic N) is 5. The van der Waals surface area contributed by atoms with E-state index < -0.39 is 52.2 Å². The van der Waals surface area contributed by atoms with Crippen molar-refractivity contribution in [2.45, 2.75) is 50.9 Å². The van der Waals surface area contributed by atoms with Crippen molar-refractivity contribution in [2.24, 2.45) is 11.3 Å². The summed E-state index contributed by atoms with van der Waals surface area (Å²) in [7, 11) is 1.81. The van der Waals surface area contributed by atoms with Gasteiger partial charge in [0, 0.05) is 59.4 Å². The molecule has 4 aromatic rings. The molecule has 3 aliphatic rings. The molecule has 260 valence electrons. The van der Waals surface area contributed by atoms with Gasteiger partial charge in [-0.15, -0.1) is 11.3 Å². The van der Waals surface area contributed by atoms with Gasteiger partial charge in [-0.3, -0.25) is 0 Å². The number of piperazine rings is 1. The molecule has 0 spiro atoms. The molecule has 0 unspecified atom stereocenters. The summed E-state index contributed by atoms with van der Waals surface area (Å²) < 4.78 is 111. The molecule has 7 rings (SSSR count). The Morgan fingerprint density at radius 2 is 1.88 bits per heavy atom. The third kappa shape index (κ3) is 5.79. The molecule has 49 heavy (non-hydrogen) atoms. The molecule has 0 radical (unpaired) electrons. The molecule has 3 N–H and O–H groups in total. The van der Waals surface area contributed by atoms with Crippen LogP contribution in [0, 0.1) is 34.3 Å². The third-order valence-electron chi connectivity index (χ3n) is 10.1. The second-order valence-corrected chi connectivity index (χ2v) is 14.6. The zero-order valence-corrected chi connectivity index (χ0v) is 27.3. The van der Waals surface area contributed by atoms with E-state index in [1.165, 1.54) is 0 Å². The van der Waals surface area contributed by atoms with Gasteiger partial charge in [0.1, 0.15) is 28.2 Å². The predicted octanol–water partition coefficient (Wildman–Crippen LogP) is 6.80. The van der Waals surface area contributed by atoms with Crippen molar-refractivity contribution in [1.29, 1.82) is 5.26 Å². The van der Waals surface area contributed by atoms with Crippen molar-refractivity contribution in [3.05, 3.63) is 41.0 Å². The Morgan fingerprint density at radius 3 is 2.53 bits per heavy atom. The molecule has 2 aromatic heterocycles. The summed E-state index contributed by atoms with van der Waals surface area (Å²) in [6.07, 6.45) is -5.81. The molecule has 3 fully saturated rings. The smallest absolute Gasteiger partial charge is 0.417 e. The number of rotatable bonds is 6. The van der Waals surface area contributed by atoms with Crippen molar-refractivity contribution in [3.8, 4) is 23.2 Å². The van der Waals surface area contributed by atoms with E-state index in [2.05, 4.69) is 15.3 Å². The number of anilines is 2. The number of nitrogens with two attached hydrogens (primary N) is 1. The van der Waals surface area contributed by atoms with Crippen LogP contribution in [-0.2, 0) is 6.18 Å². The molecule has 5 heterocycles. The maximum atomic E-state index is 17.0. The van der Waals surface area contributed by atoms with Crippen molar-refractivity contribution in [2.75, 3.05) is 50.5 Å². The first-order valence-corrected chi connectivity index (χ1v) is 16.6. The number of ether oxygens (including phenoxy) is 1. The number of piperidine rings is 1. The van der Waals surface area contributed by atoms with E-state index in [1.807, 2.05) is 18.0 Å². The molecule has 16 heteroatoms. The van der Waals surface area contributed by atoms with Gasteiger partial charge in [-0.25, -0.2) is 17.6 Å². The Hall–Kier alpha value is -3.94. The maximum Gasteiger partial charge on any atom is 0.417 e. The first kappa shape index (κ1) is 33.6. The molecule has 0 aliphatic carbocycles. The van der Waals surface area contributed by atoms with E-state index in [-0.39, 0.29) is 75.1 Å². The fourth-order valence-electron chi connectivity index (χ4n) is 7.80. The van der Waals surface area contributed by atoms with Gasteiger partial charge in [-0.05, 0) is 50.6 Å². The molecule has 0 amide bonds. The summed E-state index contributed by atoms with van der Waals surface area (Å²) in [4.78, 5) is 12.5. The number of nitriles is 1. The zero-order valence-electron chi connectivity index (χ0n) is 26.5. The maximum absolute atomic E-state index is 17.0. The lowest BCUT2D eigenvalue weighted by Gasteiger charge is -2.44. The van der Waals surface area contributed by atoms with Crippen molar-refractivity contribution < 1.29 is 35.5 Å². The fraction of sp³-hybridized carbons (Fsp3) is 0.485. The van der Waals surface area contributed by atoms with Crippen LogP contribution in [0.5, 0.6) is 6.01 Å². The molecule has 3 aliphatic heterocycles. The summed E-state index contributed by atoms with van der Waals surface area (Å²) >= 11 is 0.675. The lowest BCUT2D eigenvalue weighted by atomic mass is 9.73. The van der Waals surface area contributed by atoms with Crippen LogP contribution in [0.25, 0.3) is 32.1 Å². The van der Waals surface area contributed by atoms with Gasteiger partial charge in [0.2, 0.25) is 6.43 Å². The number of aromatic nitrogens is 2. The molecule has 0 saturated carbocycles. The quantitative estimate of drug-likeness (QED) is 0.211. The van der Waals surface area contributed by atoms with Gasteiger partial charge in [0.25, 0.3) is 0 Å². The normalized spacial score (nSPS) is 24.7. The summed E-state index contributed by atoms with van der Waals surface area (Å²) in [6, 6.07) is 4.16. The van der Waals surface area contributed by atoms with Crippen LogP contribution in [-0.4, -0.2) is 73.2 Å². The minimum Gasteiger partial charge on any atom is -0.463 e. The Balaban J connectivity index is 1.45. The average Bonchev–Trinajstić information content (AvgIpc) is 3.56. The van der Waals surface area contributed by atoms with Gasteiger partial charge in [0.05, 0.1) is 22.4 Å². The zero-order chi connectivity index (χ0) is 35.0. The van der Waals surface area contributed by atoms with Gasteiger partial charge < -0.3 is 25.6 Å². The first-order valence-electron chi connectivity index (χ1n) is 15.8. The van der Waals surface area contributed by atoms with Crippen LogP contribution < -0.4 is 20.7 Å². The monoisotopic (exact) mass is 707 g/mol. The molecular weight excluding hydrogens is 675 g/mol. The molecule has 2 aromatic carbocycles. The second kappa shape index (κ2) is 12.1. The van der Waals surface area contributed by atoms with Crippen molar-refractivity contribution in [1.82, 2.24) is 20.2 Å². The minimum atomic E-state index is -5.10. The van der Waals surface area contributed by atoms with E-state index >= 15 is 4.39 Å². The highest BCUT2D eigenvalue weighted by Crippen LogP contribution is 2.48. The largest absolute Gasteiger partial charge is 0.463 e. The van der Waals surface area contributed by atoms with Gasteiger partial charge in [-0.2, -0.15) is 28.4 Å². The van der Waals surface area contributed by atoms with E-state index in [1.54, 1.807) is 11.8 Å². The van der Waals surface area contributed by atoms with Gasteiger partial charge in [-0.1, -0.05) is 13.0 Å². The number of fused-ring (bicyclic) bond motifs is 4. The summed E-state index contributed by atoms with van der Waals surface area (Å²) in [5.41, 5.74) is 1.45. The Labute approximate surface area is 280 Å². The van der Waals surface area contributed by atoms with Crippen molar-refractivity contribution in [3.63, 3.8) is 0 Å². The van der Waals surface area contributed by atoms with E-state index in [4.69, 9.17) is 10.5 Å². The highest BCUT2D eigenvalue weighted by molar-refractivity contribution is 7.23. The highest BCUT2D eigenvalue weighted by atomic mass is 32.1. The number of alkyl halides is 5. The molecule has 4 atom stereocenters.